The molecule has 5 heteroatoms. The minimum Gasteiger partial charge on any atom is -0.506 e. The molecule has 2 N–H and O–H groups in total. The molecule has 0 aliphatic carbocycles. The molecule has 1 heterocycles. The zero-order chi connectivity index (χ0) is 13.0. The molecule has 0 unspecified atom stereocenters. The van der Waals surface area contributed by atoms with Crippen molar-refractivity contribution in [3.63, 3.8) is 0 Å². The van der Waals surface area contributed by atoms with Gasteiger partial charge in [0.15, 0.2) is 0 Å². The second-order valence-corrected chi connectivity index (χ2v) is 3.85. The number of hydrogen-bond acceptors (Lipinski definition) is 3. The number of hydrogen-bond donors (Lipinski definition) is 2. The van der Waals surface area contributed by atoms with Crippen LogP contribution >= 0.6 is 0 Å². The summed E-state index contributed by atoms with van der Waals surface area (Å²) in [4.78, 5) is 3.97. The summed E-state index contributed by atoms with van der Waals surface area (Å²) in [6, 6.07) is 6.52. The molecule has 0 spiro atoms. The van der Waals surface area contributed by atoms with Gasteiger partial charge >= 0.3 is 0 Å². The van der Waals surface area contributed by atoms with Crippen LogP contribution in [0.25, 0.3) is 0 Å². The first-order valence-corrected chi connectivity index (χ1v) is 5.43. The number of aromatic nitrogens is 1. The van der Waals surface area contributed by atoms with Crippen molar-refractivity contribution in [2.24, 2.45) is 0 Å². The van der Waals surface area contributed by atoms with E-state index >= 15 is 0 Å². The van der Waals surface area contributed by atoms with Crippen molar-refractivity contribution >= 4 is 0 Å². The van der Waals surface area contributed by atoms with Crippen molar-refractivity contribution in [3.05, 3.63) is 59.4 Å². The molecular formula is C13H12F2N2O. The standard InChI is InChI=1S/C13H12F2N2O/c14-10-1-4-13(15)9(5-10)6-16-7-11-2-3-12(18)8-17-11/h1-5,8,16,18H,6-7H2. The van der Waals surface area contributed by atoms with E-state index in [1.165, 1.54) is 12.3 Å². The molecular weight excluding hydrogens is 238 g/mol. The van der Waals surface area contributed by atoms with Crippen LogP contribution in [0.4, 0.5) is 8.78 Å². The smallest absolute Gasteiger partial charge is 0.133 e. The van der Waals surface area contributed by atoms with Crippen molar-refractivity contribution in [3.8, 4) is 5.75 Å². The Balaban J connectivity index is 1.92. The maximum atomic E-state index is 13.3. The van der Waals surface area contributed by atoms with Crippen molar-refractivity contribution < 1.29 is 13.9 Å². The summed E-state index contributed by atoms with van der Waals surface area (Å²) in [5, 5.41) is 12.0. The van der Waals surface area contributed by atoms with Crippen LogP contribution in [0, 0.1) is 11.6 Å². The van der Waals surface area contributed by atoms with Crippen molar-refractivity contribution in [1.82, 2.24) is 10.3 Å². The molecule has 0 amide bonds. The Hall–Kier alpha value is -2.01. The van der Waals surface area contributed by atoms with Crippen LogP contribution in [0.3, 0.4) is 0 Å². The number of aromatic hydroxyl groups is 1. The average molecular weight is 250 g/mol. The first-order chi connectivity index (χ1) is 8.65. The molecule has 2 rings (SSSR count). The molecule has 0 bridgehead atoms. The van der Waals surface area contributed by atoms with E-state index in [2.05, 4.69) is 10.3 Å². The van der Waals surface area contributed by atoms with E-state index < -0.39 is 11.6 Å². The van der Waals surface area contributed by atoms with E-state index in [0.717, 1.165) is 18.2 Å². The fourth-order valence-electron chi connectivity index (χ4n) is 1.53. The summed E-state index contributed by atoms with van der Waals surface area (Å²) in [6.45, 7) is 0.627. The van der Waals surface area contributed by atoms with Gasteiger partial charge in [-0.1, -0.05) is 0 Å². The Morgan fingerprint density at radius 3 is 2.67 bits per heavy atom. The van der Waals surface area contributed by atoms with E-state index in [4.69, 9.17) is 5.11 Å². The number of nitrogens with zero attached hydrogens (tertiary/aromatic N) is 1. The number of nitrogens with one attached hydrogen (secondary N) is 1. The van der Waals surface area contributed by atoms with E-state index in [-0.39, 0.29) is 17.9 Å². The summed E-state index contributed by atoms with van der Waals surface area (Å²) in [5.41, 5.74) is 0.985. The van der Waals surface area contributed by atoms with Gasteiger partial charge < -0.3 is 10.4 Å². The van der Waals surface area contributed by atoms with Crippen LogP contribution in [-0.2, 0) is 13.1 Å². The van der Waals surface area contributed by atoms with Gasteiger partial charge in [0.05, 0.1) is 11.9 Å². The SMILES string of the molecule is Oc1ccc(CNCc2cc(F)ccc2F)nc1. The van der Waals surface area contributed by atoms with Crippen molar-refractivity contribution in [1.29, 1.82) is 0 Å². The molecule has 0 aliphatic heterocycles. The molecule has 0 radical (unpaired) electrons. The fourth-order valence-corrected chi connectivity index (χ4v) is 1.53. The van der Waals surface area contributed by atoms with E-state index in [0.29, 0.717) is 12.2 Å². The van der Waals surface area contributed by atoms with Gasteiger partial charge in [-0.25, -0.2) is 8.78 Å². The lowest BCUT2D eigenvalue weighted by molar-refractivity contribution is 0.471. The normalized spacial score (nSPS) is 10.6. The van der Waals surface area contributed by atoms with Gasteiger partial charge in [0.25, 0.3) is 0 Å². The molecule has 0 saturated carbocycles. The van der Waals surface area contributed by atoms with E-state index in [1.807, 2.05) is 0 Å². The van der Waals surface area contributed by atoms with Crippen LogP contribution in [0.1, 0.15) is 11.3 Å². The van der Waals surface area contributed by atoms with E-state index in [9.17, 15) is 8.78 Å². The second-order valence-electron chi connectivity index (χ2n) is 3.85. The number of rotatable bonds is 4. The van der Waals surface area contributed by atoms with Gasteiger partial charge in [0.2, 0.25) is 0 Å². The lowest BCUT2D eigenvalue weighted by atomic mass is 10.2. The van der Waals surface area contributed by atoms with Gasteiger partial charge in [0, 0.05) is 18.7 Å². The topological polar surface area (TPSA) is 45.1 Å². The zero-order valence-corrected chi connectivity index (χ0v) is 9.53. The van der Waals surface area contributed by atoms with Crippen LogP contribution in [0.5, 0.6) is 5.75 Å². The van der Waals surface area contributed by atoms with Crippen LogP contribution in [-0.4, -0.2) is 10.1 Å². The molecule has 2 aromatic rings. The third kappa shape index (κ3) is 3.24. The monoisotopic (exact) mass is 250 g/mol. The lowest BCUT2D eigenvalue weighted by Crippen LogP contribution is -2.14. The molecule has 1 aromatic carbocycles. The Morgan fingerprint density at radius 1 is 1.11 bits per heavy atom. The molecule has 1 aromatic heterocycles. The highest BCUT2D eigenvalue weighted by Crippen LogP contribution is 2.10. The Morgan fingerprint density at radius 2 is 1.94 bits per heavy atom. The first kappa shape index (κ1) is 12.4. The third-order valence-electron chi connectivity index (χ3n) is 2.44. The highest BCUT2D eigenvalue weighted by Gasteiger charge is 2.03. The van der Waals surface area contributed by atoms with Gasteiger partial charge in [-0.2, -0.15) is 0 Å². The quantitative estimate of drug-likeness (QED) is 0.875. The highest BCUT2D eigenvalue weighted by molar-refractivity contribution is 5.19. The summed E-state index contributed by atoms with van der Waals surface area (Å²) in [7, 11) is 0. The summed E-state index contributed by atoms with van der Waals surface area (Å²) < 4.78 is 26.2. The number of halogens is 2. The molecule has 94 valence electrons. The van der Waals surface area contributed by atoms with Crippen molar-refractivity contribution in [2.45, 2.75) is 13.1 Å². The third-order valence-corrected chi connectivity index (χ3v) is 2.44. The predicted molar refractivity (Wildman–Crippen MR) is 62.8 cm³/mol. The van der Waals surface area contributed by atoms with Crippen LogP contribution in [0.2, 0.25) is 0 Å². The van der Waals surface area contributed by atoms with Gasteiger partial charge in [-0.15, -0.1) is 0 Å². The molecule has 0 aliphatic rings. The van der Waals surface area contributed by atoms with Crippen LogP contribution in [0.15, 0.2) is 36.5 Å². The summed E-state index contributed by atoms with van der Waals surface area (Å²) in [6.07, 6.45) is 1.33. The Kier molecular flexibility index (Phi) is 3.84. The largest absolute Gasteiger partial charge is 0.506 e. The minimum absolute atomic E-state index is 0.0925. The lowest BCUT2D eigenvalue weighted by Gasteiger charge is -2.06. The van der Waals surface area contributed by atoms with Gasteiger partial charge in [-0.3, -0.25) is 4.98 Å². The zero-order valence-electron chi connectivity index (χ0n) is 9.53. The summed E-state index contributed by atoms with van der Waals surface area (Å²) >= 11 is 0. The van der Waals surface area contributed by atoms with E-state index in [1.54, 1.807) is 6.07 Å². The number of benzene rings is 1. The fraction of sp³-hybridized carbons (Fsp3) is 0.154. The van der Waals surface area contributed by atoms with Gasteiger partial charge in [0.1, 0.15) is 17.4 Å². The Labute approximate surface area is 103 Å². The number of pyridine rings is 1. The van der Waals surface area contributed by atoms with Crippen LogP contribution < -0.4 is 5.32 Å². The molecule has 0 saturated heterocycles. The highest BCUT2D eigenvalue weighted by atomic mass is 19.1. The molecule has 0 atom stereocenters. The maximum absolute atomic E-state index is 13.3. The Bertz CT molecular complexity index is 529. The maximum Gasteiger partial charge on any atom is 0.133 e. The molecule has 3 nitrogen and oxygen atoms in total. The first-order valence-electron chi connectivity index (χ1n) is 5.43. The van der Waals surface area contributed by atoms with Crippen molar-refractivity contribution in [2.75, 3.05) is 0 Å². The minimum atomic E-state index is -0.462. The molecule has 18 heavy (non-hydrogen) atoms. The predicted octanol–water partition coefficient (Wildman–Crippen LogP) is 2.36. The second kappa shape index (κ2) is 5.55. The summed E-state index contributed by atoms with van der Waals surface area (Å²) in [5.74, 6) is -0.812. The molecule has 0 fully saturated rings. The van der Waals surface area contributed by atoms with Gasteiger partial charge in [-0.05, 0) is 30.3 Å². The average Bonchev–Trinajstić information content (AvgIpc) is 2.36.